The maximum absolute atomic E-state index is 15.0. The average Bonchev–Trinajstić information content (AvgIpc) is 3.30. The molecule has 29 heavy (non-hydrogen) atoms. The van der Waals surface area contributed by atoms with E-state index >= 15 is 0 Å². The first-order valence-electron chi connectivity index (χ1n) is 9.24. The van der Waals surface area contributed by atoms with Crippen LogP contribution in [0.1, 0.15) is 16.8 Å². The molecule has 9 heteroatoms. The van der Waals surface area contributed by atoms with Crippen molar-refractivity contribution in [1.82, 2.24) is 10.3 Å². The number of benzene rings is 1. The third-order valence-corrected chi connectivity index (χ3v) is 5.12. The van der Waals surface area contributed by atoms with E-state index in [2.05, 4.69) is 15.0 Å². The van der Waals surface area contributed by atoms with Gasteiger partial charge in [0.1, 0.15) is 11.9 Å². The molecule has 1 aromatic carbocycles. The van der Waals surface area contributed by atoms with Gasteiger partial charge in [-0.05, 0) is 30.2 Å². The van der Waals surface area contributed by atoms with Gasteiger partial charge in [-0.15, -0.1) is 0 Å². The van der Waals surface area contributed by atoms with Crippen molar-refractivity contribution < 1.29 is 23.5 Å². The van der Waals surface area contributed by atoms with Crippen molar-refractivity contribution in [3.63, 3.8) is 0 Å². The zero-order chi connectivity index (χ0) is 20.5. The fraction of sp³-hybridized carbons (Fsp3) is 0.350. The maximum Gasteiger partial charge on any atom is 0.414 e. The Morgan fingerprint density at radius 1 is 1.38 bits per heavy atom. The van der Waals surface area contributed by atoms with E-state index in [0.29, 0.717) is 24.5 Å². The SMILES string of the molecule is COC(=O)NC[C@H]1CN(c2cc(F)c(N3Cc4cccnc4C3)cc2C)C(=O)O1. The third kappa shape index (κ3) is 3.67. The number of nitrogens with zero attached hydrogens (tertiary/aromatic N) is 3. The fourth-order valence-corrected chi connectivity index (χ4v) is 3.65. The van der Waals surface area contributed by atoms with Gasteiger partial charge in [0.2, 0.25) is 0 Å². The van der Waals surface area contributed by atoms with Crippen LogP contribution in [0.2, 0.25) is 0 Å². The number of hydrogen-bond acceptors (Lipinski definition) is 6. The van der Waals surface area contributed by atoms with Crippen molar-refractivity contribution in [1.29, 1.82) is 0 Å². The molecule has 0 spiro atoms. The highest BCUT2D eigenvalue weighted by molar-refractivity contribution is 5.91. The van der Waals surface area contributed by atoms with Crippen molar-refractivity contribution in [2.24, 2.45) is 0 Å². The Morgan fingerprint density at radius 3 is 2.97 bits per heavy atom. The number of methoxy groups -OCH3 is 1. The topological polar surface area (TPSA) is 84.0 Å². The van der Waals surface area contributed by atoms with Gasteiger partial charge in [0.15, 0.2) is 0 Å². The second-order valence-corrected chi connectivity index (χ2v) is 7.04. The lowest BCUT2D eigenvalue weighted by atomic mass is 10.1. The highest BCUT2D eigenvalue weighted by Crippen LogP contribution is 2.34. The third-order valence-electron chi connectivity index (χ3n) is 5.12. The second-order valence-electron chi connectivity index (χ2n) is 7.04. The molecule has 0 saturated carbocycles. The Kier molecular flexibility index (Phi) is 4.96. The molecule has 2 aromatic rings. The van der Waals surface area contributed by atoms with Crippen LogP contribution in [0.5, 0.6) is 0 Å². The molecule has 1 aromatic heterocycles. The van der Waals surface area contributed by atoms with Gasteiger partial charge < -0.3 is 19.7 Å². The summed E-state index contributed by atoms with van der Waals surface area (Å²) in [4.78, 5) is 31.1. The lowest BCUT2D eigenvalue weighted by molar-refractivity contribution is 0.132. The number of pyridine rings is 1. The van der Waals surface area contributed by atoms with Gasteiger partial charge >= 0.3 is 12.2 Å². The quantitative estimate of drug-likeness (QED) is 0.850. The number of hydrogen-bond donors (Lipinski definition) is 1. The van der Waals surface area contributed by atoms with Crippen LogP contribution in [0.25, 0.3) is 0 Å². The minimum atomic E-state index is -0.604. The van der Waals surface area contributed by atoms with Crippen molar-refractivity contribution >= 4 is 23.6 Å². The number of halogens is 1. The van der Waals surface area contributed by atoms with Gasteiger partial charge in [-0.25, -0.2) is 14.0 Å². The van der Waals surface area contributed by atoms with E-state index in [0.717, 1.165) is 16.8 Å². The lowest BCUT2D eigenvalue weighted by Gasteiger charge is -2.22. The first kappa shape index (κ1) is 19.0. The number of amides is 2. The minimum absolute atomic E-state index is 0.119. The van der Waals surface area contributed by atoms with Gasteiger partial charge in [-0.3, -0.25) is 9.88 Å². The lowest BCUT2D eigenvalue weighted by Crippen LogP contribution is -2.34. The van der Waals surface area contributed by atoms with E-state index in [-0.39, 0.29) is 13.1 Å². The molecule has 4 rings (SSSR count). The first-order valence-corrected chi connectivity index (χ1v) is 9.24. The summed E-state index contributed by atoms with van der Waals surface area (Å²) in [7, 11) is 1.25. The molecular weight excluding hydrogens is 379 g/mol. The molecule has 0 bridgehead atoms. The van der Waals surface area contributed by atoms with Crippen molar-refractivity contribution in [3.8, 4) is 0 Å². The molecular formula is C20H21FN4O4. The van der Waals surface area contributed by atoms with Crippen LogP contribution in [0.3, 0.4) is 0 Å². The zero-order valence-electron chi connectivity index (χ0n) is 16.1. The maximum atomic E-state index is 15.0. The number of carbonyl (C=O) groups is 2. The Labute approximate surface area is 167 Å². The van der Waals surface area contributed by atoms with Crippen molar-refractivity contribution in [2.45, 2.75) is 26.1 Å². The van der Waals surface area contributed by atoms with Gasteiger partial charge in [-0.2, -0.15) is 0 Å². The number of cyclic esters (lactones) is 1. The van der Waals surface area contributed by atoms with Crippen molar-refractivity contribution in [3.05, 3.63) is 53.1 Å². The van der Waals surface area contributed by atoms with E-state index in [1.165, 1.54) is 18.1 Å². The predicted molar refractivity (Wildman–Crippen MR) is 103 cm³/mol. The number of ether oxygens (including phenoxy) is 2. The van der Waals surface area contributed by atoms with Crippen LogP contribution in [-0.2, 0) is 22.6 Å². The molecule has 1 fully saturated rings. The van der Waals surface area contributed by atoms with E-state index < -0.39 is 24.1 Å². The average molecular weight is 400 g/mol. The number of alkyl carbamates (subject to hydrolysis) is 1. The number of anilines is 2. The molecule has 152 valence electrons. The van der Waals surface area contributed by atoms with Crippen LogP contribution >= 0.6 is 0 Å². The Hall–Kier alpha value is -3.36. The smallest absolute Gasteiger partial charge is 0.414 e. The summed E-state index contributed by atoms with van der Waals surface area (Å²) in [6.45, 7) is 3.28. The molecule has 1 saturated heterocycles. The van der Waals surface area contributed by atoms with E-state index in [9.17, 15) is 14.0 Å². The van der Waals surface area contributed by atoms with E-state index in [1.807, 2.05) is 24.0 Å². The summed E-state index contributed by atoms with van der Waals surface area (Å²) < 4.78 is 24.7. The zero-order valence-corrected chi connectivity index (χ0v) is 16.1. The van der Waals surface area contributed by atoms with E-state index in [4.69, 9.17) is 4.74 Å². The Morgan fingerprint density at radius 2 is 2.21 bits per heavy atom. The normalized spacial score (nSPS) is 17.9. The fourth-order valence-electron chi connectivity index (χ4n) is 3.65. The summed E-state index contributed by atoms with van der Waals surface area (Å²) >= 11 is 0. The molecule has 1 N–H and O–H groups in total. The molecule has 0 aliphatic carbocycles. The molecule has 2 aliphatic rings. The number of rotatable bonds is 4. The van der Waals surface area contributed by atoms with Crippen LogP contribution in [-0.4, -0.2) is 43.5 Å². The monoisotopic (exact) mass is 400 g/mol. The van der Waals surface area contributed by atoms with Crippen LogP contribution in [0, 0.1) is 12.7 Å². The van der Waals surface area contributed by atoms with Gasteiger partial charge in [-0.1, -0.05) is 6.07 Å². The standard InChI is InChI=1S/C20H21FN4O4/c1-12-6-18(24-9-13-4-3-5-22-16(13)11-24)15(21)7-17(12)25-10-14(29-20(25)27)8-23-19(26)28-2/h3-7,14H,8-11H2,1-2H3,(H,23,26)/t14-/m0/s1. The van der Waals surface area contributed by atoms with Crippen LogP contribution < -0.4 is 15.1 Å². The van der Waals surface area contributed by atoms with Crippen LogP contribution in [0.4, 0.5) is 25.4 Å². The largest absolute Gasteiger partial charge is 0.453 e. The number of aromatic nitrogens is 1. The van der Waals surface area contributed by atoms with Crippen LogP contribution in [0.15, 0.2) is 30.5 Å². The molecule has 0 unspecified atom stereocenters. The summed E-state index contributed by atoms with van der Waals surface area (Å²) in [5.74, 6) is -0.414. The molecule has 0 radical (unpaired) electrons. The number of nitrogens with one attached hydrogen (secondary N) is 1. The highest BCUT2D eigenvalue weighted by atomic mass is 19.1. The number of fused-ring (bicyclic) bond motifs is 1. The molecule has 1 atom stereocenters. The summed E-state index contributed by atoms with van der Waals surface area (Å²) in [6, 6.07) is 6.96. The highest BCUT2D eigenvalue weighted by Gasteiger charge is 2.34. The van der Waals surface area contributed by atoms with Gasteiger partial charge in [0, 0.05) is 18.8 Å². The van der Waals surface area contributed by atoms with Gasteiger partial charge in [0.05, 0.1) is 43.8 Å². The Balaban J connectivity index is 1.51. The van der Waals surface area contributed by atoms with Gasteiger partial charge in [0.25, 0.3) is 0 Å². The summed E-state index contributed by atoms with van der Waals surface area (Å²) in [5, 5.41) is 2.50. The molecule has 8 nitrogen and oxygen atoms in total. The predicted octanol–water partition coefficient (Wildman–Crippen LogP) is 2.73. The first-order chi connectivity index (χ1) is 14.0. The molecule has 2 amide bonds. The van der Waals surface area contributed by atoms with Crippen molar-refractivity contribution in [2.75, 3.05) is 30.0 Å². The summed E-state index contributed by atoms with van der Waals surface area (Å²) in [6.07, 6.45) is 0.0158. The second kappa shape index (κ2) is 7.57. The summed E-state index contributed by atoms with van der Waals surface area (Å²) in [5.41, 5.74) is 3.70. The minimum Gasteiger partial charge on any atom is -0.453 e. The number of carbonyl (C=O) groups excluding carboxylic acids is 2. The Bertz CT molecular complexity index is 942. The molecule has 2 aliphatic heterocycles. The number of aryl methyl sites for hydroxylation is 1. The van der Waals surface area contributed by atoms with E-state index in [1.54, 1.807) is 12.3 Å². The molecule has 3 heterocycles.